The number of rotatable bonds is 3. The van der Waals surface area contributed by atoms with E-state index in [1.807, 2.05) is 43.5 Å². The molecule has 0 spiro atoms. The number of nitrogens with zero attached hydrogens (tertiary/aromatic N) is 5. The number of aryl methyl sites for hydroxylation is 2. The van der Waals surface area contributed by atoms with Crippen LogP contribution in [-0.4, -0.2) is 24.6 Å². The minimum Gasteiger partial charge on any atom is -0.291 e. The van der Waals surface area contributed by atoms with Crippen molar-refractivity contribution in [1.82, 2.24) is 24.6 Å². The van der Waals surface area contributed by atoms with Gasteiger partial charge in [-0.05, 0) is 37.6 Å². The molecule has 1 N–H and O–H groups in total. The summed E-state index contributed by atoms with van der Waals surface area (Å²) in [6, 6.07) is 12.0. The molecule has 6 nitrogen and oxygen atoms in total. The predicted molar refractivity (Wildman–Crippen MR) is 94.8 cm³/mol. The van der Waals surface area contributed by atoms with Crippen molar-refractivity contribution in [1.29, 1.82) is 5.26 Å². The Morgan fingerprint density at radius 1 is 1.24 bits per heavy atom. The highest BCUT2D eigenvalue weighted by molar-refractivity contribution is 5.81. The van der Waals surface area contributed by atoms with Crippen LogP contribution in [0.15, 0.2) is 42.7 Å². The van der Waals surface area contributed by atoms with Crippen LogP contribution in [0.5, 0.6) is 0 Å². The van der Waals surface area contributed by atoms with Gasteiger partial charge in [0.25, 0.3) is 0 Å². The number of aromatic nitrogens is 5. The molecule has 0 unspecified atom stereocenters. The van der Waals surface area contributed by atoms with Crippen LogP contribution in [0.1, 0.15) is 24.0 Å². The average Bonchev–Trinajstić information content (AvgIpc) is 3.24. The van der Waals surface area contributed by atoms with Gasteiger partial charge >= 0.3 is 0 Å². The molecule has 0 aliphatic rings. The molecule has 25 heavy (non-hydrogen) atoms. The number of nitrogens with one attached hydrogen (secondary N) is 1. The van der Waals surface area contributed by atoms with Crippen molar-refractivity contribution in [3.05, 3.63) is 59.8 Å². The number of aromatic amines is 1. The van der Waals surface area contributed by atoms with E-state index in [0.29, 0.717) is 5.69 Å². The number of nitriles is 1. The van der Waals surface area contributed by atoms with Crippen molar-refractivity contribution in [2.24, 2.45) is 0 Å². The third-order valence-electron chi connectivity index (χ3n) is 4.23. The topological polar surface area (TPSA) is 82.7 Å². The number of pyridine rings is 2. The molecule has 0 bridgehead atoms. The lowest BCUT2D eigenvalue weighted by molar-refractivity contribution is 0.975. The SMILES string of the molecule is CCc1[nH]nc(-c2cccc(C)n2)c1-c1ccc2ncc(C#N)n2c1. The Bertz CT molecular complexity index is 1110. The maximum Gasteiger partial charge on any atom is 0.144 e. The van der Waals surface area contributed by atoms with E-state index < -0.39 is 0 Å². The smallest absolute Gasteiger partial charge is 0.144 e. The van der Waals surface area contributed by atoms with E-state index >= 15 is 0 Å². The van der Waals surface area contributed by atoms with E-state index in [9.17, 15) is 5.26 Å². The molecule has 0 radical (unpaired) electrons. The van der Waals surface area contributed by atoms with Gasteiger partial charge in [-0.3, -0.25) is 14.5 Å². The van der Waals surface area contributed by atoms with E-state index in [1.54, 1.807) is 10.6 Å². The monoisotopic (exact) mass is 328 g/mol. The number of fused-ring (bicyclic) bond motifs is 1. The lowest BCUT2D eigenvalue weighted by Gasteiger charge is -2.07. The summed E-state index contributed by atoms with van der Waals surface area (Å²) < 4.78 is 1.80. The zero-order valence-electron chi connectivity index (χ0n) is 14.0. The quantitative estimate of drug-likeness (QED) is 0.623. The normalized spacial score (nSPS) is 10.9. The molecule has 4 aromatic rings. The van der Waals surface area contributed by atoms with E-state index in [1.165, 1.54) is 0 Å². The van der Waals surface area contributed by atoms with Crippen molar-refractivity contribution in [2.75, 3.05) is 0 Å². The molecular formula is C19H16N6. The first kappa shape index (κ1) is 15.1. The first-order valence-electron chi connectivity index (χ1n) is 8.10. The summed E-state index contributed by atoms with van der Waals surface area (Å²) >= 11 is 0. The molecule has 0 amide bonds. The number of hydrogen-bond acceptors (Lipinski definition) is 4. The second-order valence-electron chi connectivity index (χ2n) is 5.84. The number of H-pyrrole nitrogens is 1. The van der Waals surface area contributed by atoms with Crippen molar-refractivity contribution < 1.29 is 0 Å². The van der Waals surface area contributed by atoms with Gasteiger partial charge in [0.2, 0.25) is 0 Å². The second-order valence-corrected chi connectivity index (χ2v) is 5.84. The van der Waals surface area contributed by atoms with Gasteiger partial charge in [-0.25, -0.2) is 4.98 Å². The Morgan fingerprint density at radius 2 is 2.12 bits per heavy atom. The van der Waals surface area contributed by atoms with Crippen molar-refractivity contribution >= 4 is 5.65 Å². The molecule has 0 aromatic carbocycles. The number of imidazole rings is 1. The molecule has 4 rings (SSSR count). The summed E-state index contributed by atoms with van der Waals surface area (Å²) in [6.45, 7) is 4.05. The predicted octanol–water partition coefficient (Wildman–Crippen LogP) is 3.53. The Labute approximate surface area is 144 Å². The van der Waals surface area contributed by atoms with Gasteiger partial charge in [0.1, 0.15) is 23.1 Å². The van der Waals surface area contributed by atoms with Gasteiger partial charge in [0.05, 0.1) is 11.9 Å². The van der Waals surface area contributed by atoms with Crippen molar-refractivity contribution in [3.8, 4) is 28.6 Å². The van der Waals surface area contributed by atoms with Crippen molar-refractivity contribution in [3.63, 3.8) is 0 Å². The first-order valence-corrected chi connectivity index (χ1v) is 8.10. The summed E-state index contributed by atoms with van der Waals surface area (Å²) in [4.78, 5) is 8.86. The third kappa shape index (κ3) is 2.46. The van der Waals surface area contributed by atoms with Gasteiger partial charge in [-0.15, -0.1) is 0 Å². The zero-order valence-corrected chi connectivity index (χ0v) is 14.0. The van der Waals surface area contributed by atoms with Gasteiger partial charge in [-0.2, -0.15) is 10.4 Å². The Hall–Kier alpha value is -3.46. The fourth-order valence-corrected chi connectivity index (χ4v) is 3.02. The molecule has 0 saturated carbocycles. The lowest BCUT2D eigenvalue weighted by atomic mass is 10.0. The van der Waals surface area contributed by atoms with Crippen LogP contribution in [0.25, 0.3) is 28.2 Å². The third-order valence-corrected chi connectivity index (χ3v) is 4.23. The lowest BCUT2D eigenvalue weighted by Crippen LogP contribution is -1.94. The summed E-state index contributed by atoms with van der Waals surface area (Å²) in [5.41, 5.74) is 6.88. The second kappa shape index (κ2) is 5.87. The van der Waals surface area contributed by atoms with Crippen LogP contribution in [0.4, 0.5) is 0 Å². The molecule has 0 aliphatic carbocycles. The highest BCUT2D eigenvalue weighted by Gasteiger charge is 2.18. The minimum atomic E-state index is 0.508. The van der Waals surface area contributed by atoms with Crippen LogP contribution >= 0.6 is 0 Å². The van der Waals surface area contributed by atoms with Crippen LogP contribution < -0.4 is 0 Å². The van der Waals surface area contributed by atoms with Crippen LogP contribution in [0.3, 0.4) is 0 Å². The largest absolute Gasteiger partial charge is 0.291 e. The highest BCUT2D eigenvalue weighted by atomic mass is 15.1. The van der Waals surface area contributed by atoms with Crippen molar-refractivity contribution in [2.45, 2.75) is 20.3 Å². The fourth-order valence-electron chi connectivity index (χ4n) is 3.02. The molecule has 4 aromatic heterocycles. The van der Waals surface area contributed by atoms with Crippen LogP contribution in [0.2, 0.25) is 0 Å². The van der Waals surface area contributed by atoms with E-state index in [4.69, 9.17) is 0 Å². The summed E-state index contributed by atoms with van der Waals surface area (Å²) in [6.07, 6.45) is 4.34. The first-order chi connectivity index (χ1) is 12.2. The highest BCUT2D eigenvalue weighted by Crippen LogP contribution is 2.33. The van der Waals surface area contributed by atoms with E-state index in [0.717, 1.165) is 46.0 Å². The summed E-state index contributed by atoms with van der Waals surface area (Å²) in [5.74, 6) is 0. The summed E-state index contributed by atoms with van der Waals surface area (Å²) in [5, 5.41) is 16.9. The molecule has 0 aliphatic heterocycles. The maximum atomic E-state index is 9.27. The Morgan fingerprint density at radius 3 is 2.88 bits per heavy atom. The number of hydrogen-bond donors (Lipinski definition) is 1. The molecule has 4 heterocycles. The summed E-state index contributed by atoms with van der Waals surface area (Å²) in [7, 11) is 0. The van der Waals surface area contributed by atoms with Crippen LogP contribution in [0, 0.1) is 18.3 Å². The fraction of sp³-hybridized carbons (Fsp3) is 0.158. The molecule has 0 saturated heterocycles. The Kier molecular flexibility index (Phi) is 3.55. The van der Waals surface area contributed by atoms with Gasteiger partial charge in [-0.1, -0.05) is 13.0 Å². The maximum absolute atomic E-state index is 9.27. The van der Waals surface area contributed by atoms with E-state index in [-0.39, 0.29) is 0 Å². The van der Waals surface area contributed by atoms with Gasteiger partial charge in [0, 0.05) is 28.7 Å². The van der Waals surface area contributed by atoms with E-state index in [2.05, 4.69) is 33.2 Å². The molecule has 0 fully saturated rings. The van der Waals surface area contributed by atoms with Gasteiger partial charge < -0.3 is 0 Å². The zero-order chi connectivity index (χ0) is 17.4. The standard InChI is InChI=1S/C19H16N6/c1-3-15-18(19(24-23-15)16-6-4-5-12(2)22-16)13-7-8-17-21-10-14(9-20)25(17)11-13/h4-8,10-11H,3H2,1-2H3,(H,23,24). The van der Waals surface area contributed by atoms with Crippen LogP contribution in [-0.2, 0) is 6.42 Å². The molecule has 0 atom stereocenters. The molecule has 6 heteroatoms. The Balaban J connectivity index is 1.96. The minimum absolute atomic E-state index is 0.508. The average molecular weight is 328 g/mol. The molecule has 122 valence electrons. The molecular weight excluding hydrogens is 312 g/mol. The van der Waals surface area contributed by atoms with Gasteiger partial charge in [0.15, 0.2) is 0 Å².